The summed E-state index contributed by atoms with van der Waals surface area (Å²) in [5, 5.41) is 9.60. The fraction of sp³-hybridized carbons (Fsp3) is 0.409. The molecule has 1 aliphatic heterocycles. The molecule has 1 N–H and O–H groups in total. The number of benzene rings is 2. The first kappa shape index (κ1) is 20.0. The molecule has 0 aliphatic carbocycles. The highest BCUT2D eigenvalue weighted by Gasteiger charge is 2.41. The van der Waals surface area contributed by atoms with Gasteiger partial charge in [-0.1, -0.05) is 12.1 Å². The first-order valence-electron chi connectivity index (χ1n) is 9.34. The Morgan fingerprint density at radius 1 is 1.11 bits per heavy atom. The van der Waals surface area contributed by atoms with E-state index < -0.39 is 0 Å². The number of carbonyl (C=O) groups excluding carboxylic acids is 1. The quantitative estimate of drug-likeness (QED) is 0.611. The van der Waals surface area contributed by atoms with Crippen molar-refractivity contribution in [1.82, 2.24) is 0 Å². The molecule has 0 saturated heterocycles. The van der Waals surface area contributed by atoms with Crippen LogP contribution in [0.25, 0.3) is 0 Å². The van der Waals surface area contributed by atoms with Crippen LogP contribution in [-0.4, -0.2) is 57.0 Å². The Kier molecular flexibility index (Phi) is 5.79. The van der Waals surface area contributed by atoms with Crippen molar-refractivity contribution in [2.45, 2.75) is 18.9 Å². The molecule has 2 atom stereocenters. The van der Waals surface area contributed by atoms with Gasteiger partial charge in [0.2, 0.25) is 0 Å². The molecule has 6 heteroatoms. The van der Waals surface area contributed by atoms with Gasteiger partial charge in [-0.2, -0.15) is 0 Å². The lowest BCUT2D eigenvalue weighted by Crippen LogP contribution is -2.54. The van der Waals surface area contributed by atoms with E-state index in [2.05, 4.69) is 7.05 Å². The molecule has 1 aliphatic rings. The lowest BCUT2D eigenvalue weighted by atomic mass is 9.86. The van der Waals surface area contributed by atoms with Gasteiger partial charge >= 0.3 is 5.97 Å². The minimum absolute atomic E-state index is 0.0483. The zero-order valence-corrected chi connectivity index (χ0v) is 16.9. The molecule has 0 aromatic heterocycles. The summed E-state index contributed by atoms with van der Waals surface area (Å²) in [6.07, 6.45) is 1.57. The van der Waals surface area contributed by atoms with Crippen LogP contribution in [0.1, 0.15) is 22.7 Å². The van der Waals surface area contributed by atoms with Crippen molar-refractivity contribution in [3.8, 4) is 17.2 Å². The van der Waals surface area contributed by atoms with Crippen LogP contribution in [0.5, 0.6) is 17.2 Å². The number of nitrogens with zero attached hydrogens (tertiary/aromatic N) is 1. The van der Waals surface area contributed by atoms with Crippen molar-refractivity contribution >= 4 is 5.97 Å². The van der Waals surface area contributed by atoms with Gasteiger partial charge in [-0.3, -0.25) is 0 Å². The van der Waals surface area contributed by atoms with E-state index in [0.29, 0.717) is 22.5 Å². The van der Waals surface area contributed by atoms with Crippen LogP contribution in [0, 0.1) is 0 Å². The van der Waals surface area contributed by atoms with Gasteiger partial charge in [0.25, 0.3) is 0 Å². The molecule has 0 saturated carbocycles. The summed E-state index contributed by atoms with van der Waals surface area (Å²) in [4.78, 5) is 12.1. The molecule has 2 aromatic carbocycles. The molecule has 0 unspecified atom stereocenters. The monoisotopic (exact) mass is 386 g/mol. The maximum atomic E-state index is 12.1. The number of esters is 1. The molecule has 0 spiro atoms. The van der Waals surface area contributed by atoms with Crippen LogP contribution >= 0.6 is 0 Å². The number of methoxy groups -OCH3 is 3. The van der Waals surface area contributed by atoms with E-state index in [4.69, 9.17) is 14.2 Å². The van der Waals surface area contributed by atoms with E-state index in [0.717, 1.165) is 30.5 Å². The average Bonchev–Trinajstić information content (AvgIpc) is 2.70. The lowest BCUT2D eigenvalue weighted by Gasteiger charge is -2.45. The number of likely N-dealkylation sites (N-methyl/N-ethyl adjacent to an activating group) is 1. The topological polar surface area (TPSA) is 65.0 Å². The second-order valence-electron chi connectivity index (χ2n) is 7.48. The molecule has 2 aromatic rings. The zero-order chi connectivity index (χ0) is 20.3. The predicted molar refractivity (Wildman–Crippen MR) is 106 cm³/mol. The summed E-state index contributed by atoms with van der Waals surface area (Å²) >= 11 is 0. The van der Waals surface area contributed by atoms with Crippen molar-refractivity contribution in [1.29, 1.82) is 0 Å². The molecule has 0 amide bonds. The molecule has 150 valence electrons. The largest absolute Gasteiger partial charge is 0.508 e. The summed E-state index contributed by atoms with van der Waals surface area (Å²) in [5.41, 5.74) is 3.46. The molecular formula is C22H28NO5+. The van der Waals surface area contributed by atoms with Crippen LogP contribution in [0.2, 0.25) is 0 Å². The number of hydrogen-bond donors (Lipinski definition) is 1. The standard InChI is InChI=1S/C22H27NO5/c1-23(14-22(25)28-4)10-9-16-12-20(26-2)21(27-3)13-18(16)19(23)11-15-5-7-17(24)8-6-15/h5-8,12-13,19H,9-11,14H2,1-4H3/p+1/t19-,23+/m0/s1. The van der Waals surface area contributed by atoms with E-state index in [9.17, 15) is 9.90 Å². The number of phenols is 1. The fourth-order valence-electron chi connectivity index (χ4n) is 4.07. The molecule has 0 fully saturated rings. The molecule has 0 bridgehead atoms. The van der Waals surface area contributed by atoms with Crippen molar-refractivity contribution < 1.29 is 28.6 Å². The number of aromatic hydroxyl groups is 1. The molecular weight excluding hydrogens is 358 g/mol. The SMILES string of the molecule is COC(=O)C[N@@+]1(C)CCc2cc(OC)c(OC)cc2[C@@H]1Cc1ccc(O)cc1. The third-order valence-corrected chi connectivity index (χ3v) is 5.73. The highest BCUT2D eigenvalue weighted by molar-refractivity contribution is 5.70. The van der Waals surface area contributed by atoms with Gasteiger partial charge in [0.1, 0.15) is 11.8 Å². The maximum Gasteiger partial charge on any atom is 0.361 e. The van der Waals surface area contributed by atoms with Gasteiger partial charge in [-0.15, -0.1) is 0 Å². The van der Waals surface area contributed by atoms with Gasteiger partial charge in [-0.05, 0) is 35.4 Å². The Morgan fingerprint density at radius 3 is 2.36 bits per heavy atom. The number of fused-ring (bicyclic) bond motifs is 1. The van der Waals surface area contributed by atoms with E-state index in [1.165, 1.54) is 12.7 Å². The summed E-state index contributed by atoms with van der Waals surface area (Å²) in [6.45, 7) is 1.12. The number of carbonyl (C=O) groups is 1. The second kappa shape index (κ2) is 8.10. The number of hydrogen-bond acceptors (Lipinski definition) is 5. The molecule has 1 heterocycles. The first-order valence-corrected chi connectivity index (χ1v) is 9.34. The van der Waals surface area contributed by atoms with Gasteiger partial charge in [-0.25, -0.2) is 4.79 Å². The van der Waals surface area contributed by atoms with Gasteiger partial charge in [0.05, 0.1) is 34.9 Å². The summed E-state index contributed by atoms with van der Waals surface area (Å²) in [6, 6.07) is 11.4. The van der Waals surface area contributed by atoms with Crippen molar-refractivity contribution in [2.75, 3.05) is 41.5 Å². The molecule has 28 heavy (non-hydrogen) atoms. The van der Waals surface area contributed by atoms with Crippen LogP contribution < -0.4 is 9.47 Å². The third-order valence-electron chi connectivity index (χ3n) is 5.73. The third kappa shape index (κ3) is 3.92. The number of ether oxygens (including phenoxy) is 3. The van der Waals surface area contributed by atoms with E-state index >= 15 is 0 Å². The lowest BCUT2D eigenvalue weighted by molar-refractivity contribution is -0.934. The Hall–Kier alpha value is -2.73. The highest BCUT2D eigenvalue weighted by Crippen LogP contribution is 2.42. The minimum atomic E-state index is -0.220. The Morgan fingerprint density at radius 2 is 1.75 bits per heavy atom. The summed E-state index contributed by atoms with van der Waals surface area (Å²) in [7, 11) is 6.79. The Balaban J connectivity index is 2.06. The normalized spacial score (nSPS) is 20.9. The van der Waals surface area contributed by atoms with E-state index in [1.54, 1.807) is 26.4 Å². The highest BCUT2D eigenvalue weighted by atomic mass is 16.5. The number of quaternary nitrogens is 1. The summed E-state index contributed by atoms with van der Waals surface area (Å²) < 4.78 is 16.5. The maximum absolute atomic E-state index is 12.1. The Bertz CT molecular complexity index is 849. The van der Waals surface area contributed by atoms with Crippen LogP contribution in [0.4, 0.5) is 0 Å². The van der Waals surface area contributed by atoms with Gasteiger partial charge in [0.15, 0.2) is 18.0 Å². The van der Waals surface area contributed by atoms with Crippen LogP contribution in [0.3, 0.4) is 0 Å². The second-order valence-corrected chi connectivity index (χ2v) is 7.48. The van der Waals surface area contributed by atoms with E-state index in [-0.39, 0.29) is 17.8 Å². The van der Waals surface area contributed by atoms with E-state index in [1.807, 2.05) is 24.3 Å². The average molecular weight is 386 g/mol. The zero-order valence-electron chi connectivity index (χ0n) is 16.9. The summed E-state index contributed by atoms with van der Waals surface area (Å²) in [5.74, 6) is 1.42. The number of phenolic OH excluding ortho intramolecular Hbond substituents is 1. The number of rotatable bonds is 6. The molecule has 3 rings (SSSR count). The van der Waals surface area contributed by atoms with Crippen LogP contribution in [-0.2, 0) is 22.4 Å². The van der Waals surface area contributed by atoms with Gasteiger partial charge in [0, 0.05) is 18.4 Å². The smallest absolute Gasteiger partial charge is 0.361 e. The van der Waals surface area contributed by atoms with Crippen molar-refractivity contribution in [3.63, 3.8) is 0 Å². The predicted octanol–water partition coefficient (Wildman–Crippen LogP) is 2.87. The first-order chi connectivity index (χ1) is 13.4. The van der Waals surface area contributed by atoms with Gasteiger partial charge < -0.3 is 23.8 Å². The Labute approximate surface area is 165 Å². The van der Waals surface area contributed by atoms with Crippen molar-refractivity contribution in [2.24, 2.45) is 0 Å². The molecule has 6 nitrogen and oxygen atoms in total. The van der Waals surface area contributed by atoms with Crippen molar-refractivity contribution in [3.05, 3.63) is 53.1 Å². The minimum Gasteiger partial charge on any atom is -0.508 e. The fourth-order valence-corrected chi connectivity index (χ4v) is 4.07. The van der Waals surface area contributed by atoms with Crippen LogP contribution in [0.15, 0.2) is 36.4 Å². The molecule has 0 radical (unpaired) electrons.